The summed E-state index contributed by atoms with van der Waals surface area (Å²) in [6, 6.07) is 13.0. The van der Waals surface area contributed by atoms with E-state index < -0.39 is 5.97 Å². The Balaban J connectivity index is 1.99. The van der Waals surface area contributed by atoms with Crippen LogP contribution >= 0.6 is 0 Å². The molecule has 3 rings (SSSR count). The first kappa shape index (κ1) is 15.8. The predicted molar refractivity (Wildman–Crippen MR) is 91.3 cm³/mol. The van der Waals surface area contributed by atoms with E-state index in [9.17, 15) is 4.79 Å². The normalized spacial score (nSPS) is 15.2. The van der Waals surface area contributed by atoms with Gasteiger partial charge >= 0.3 is 5.97 Å². The average Bonchev–Trinajstić information content (AvgIpc) is 2.97. The van der Waals surface area contributed by atoms with Gasteiger partial charge in [0, 0.05) is 5.56 Å². The highest BCUT2D eigenvalue weighted by atomic mass is 16.6. The summed E-state index contributed by atoms with van der Waals surface area (Å²) in [4.78, 5) is 16.4. The van der Waals surface area contributed by atoms with Crippen molar-refractivity contribution < 1.29 is 19.0 Å². The molecule has 0 fully saturated rings. The highest BCUT2D eigenvalue weighted by Gasteiger charge is 2.24. The van der Waals surface area contributed by atoms with E-state index in [0.29, 0.717) is 17.4 Å². The summed E-state index contributed by atoms with van der Waals surface area (Å²) in [5.74, 6) is 1.07. The summed E-state index contributed by atoms with van der Waals surface area (Å²) in [6.07, 6.45) is 1.69. The summed E-state index contributed by atoms with van der Waals surface area (Å²) in [5, 5.41) is 0. The van der Waals surface area contributed by atoms with Gasteiger partial charge in [0.1, 0.15) is 0 Å². The summed E-state index contributed by atoms with van der Waals surface area (Å²) in [6.45, 7) is 1.93. The van der Waals surface area contributed by atoms with Crippen molar-refractivity contribution in [3.63, 3.8) is 0 Å². The molecule has 2 aromatic rings. The number of rotatable bonds is 4. The number of hydrogen-bond donors (Lipinski definition) is 0. The van der Waals surface area contributed by atoms with Crippen LogP contribution < -0.4 is 9.47 Å². The zero-order chi connectivity index (χ0) is 17.1. The van der Waals surface area contributed by atoms with Gasteiger partial charge in [0.05, 0.1) is 14.2 Å². The van der Waals surface area contributed by atoms with Gasteiger partial charge in [-0.1, -0.05) is 18.2 Å². The number of esters is 1. The molecule has 0 N–H and O–H groups in total. The van der Waals surface area contributed by atoms with Crippen LogP contribution in [0.1, 0.15) is 16.7 Å². The van der Waals surface area contributed by atoms with Gasteiger partial charge < -0.3 is 14.2 Å². The monoisotopic (exact) mass is 323 g/mol. The van der Waals surface area contributed by atoms with E-state index in [-0.39, 0.29) is 5.70 Å². The summed E-state index contributed by atoms with van der Waals surface area (Å²) in [5.41, 5.74) is 2.77. The zero-order valence-corrected chi connectivity index (χ0v) is 13.7. The third-order valence-corrected chi connectivity index (χ3v) is 3.71. The zero-order valence-electron chi connectivity index (χ0n) is 13.7. The summed E-state index contributed by atoms with van der Waals surface area (Å²) < 4.78 is 15.8. The lowest BCUT2D eigenvalue weighted by Crippen LogP contribution is -2.05. The molecule has 24 heavy (non-hydrogen) atoms. The van der Waals surface area contributed by atoms with Crippen molar-refractivity contribution in [1.82, 2.24) is 0 Å². The van der Waals surface area contributed by atoms with Crippen LogP contribution in [0, 0.1) is 6.92 Å². The molecule has 1 heterocycles. The van der Waals surface area contributed by atoms with Gasteiger partial charge in [-0.2, -0.15) is 0 Å². The Kier molecular flexibility index (Phi) is 4.33. The van der Waals surface area contributed by atoms with Crippen LogP contribution in [0.5, 0.6) is 11.5 Å². The first-order chi connectivity index (χ1) is 11.6. The van der Waals surface area contributed by atoms with Crippen LogP contribution in [0.4, 0.5) is 0 Å². The van der Waals surface area contributed by atoms with Crippen LogP contribution in [0.15, 0.2) is 53.2 Å². The van der Waals surface area contributed by atoms with Crippen LogP contribution in [-0.4, -0.2) is 26.1 Å². The van der Waals surface area contributed by atoms with Crippen LogP contribution in [-0.2, 0) is 9.53 Å². The van der Waals surface area contributed by atoms with Gasteiger partial charge in [-0.25, -0.2) is 9.79 Å². The Labute approximate surface area is 140 Å². The minimum Gasteiger partial charge on any atom is -0.493 e. The van der Waals surface area contributed by atoms with Crippen LogP contribution in [0.25, 0.3) is 6.08 Å². The van der Waals surface area contributed by atoms with Crippen molar-refractivity contribution in [2.24, 2.45) is 4.99 Å². The van der Waals surface area contributed by atoms with E-state index in [2.05, 4.69) is 4.99 Å². The minimum absolute atomic E-state index is 0.254. The molecule has 0 bridgehead atoms. The molecule has 122 valence electrons. The van der Waals surface area contributed by atoms with Crippen molar-refractivity contribution in [3.8, 4) is 11.5 Å². The van der Waals surface area contributed by atoms with Crippen molar-refractivity contribution in [3.05, 3.63) is 64.9 Å². The number of cyclic esters (lactones) is 1. The van der Waals surface area contributed by atoms with Crippen LogP contribution in [0.3, 0.4) is 0 Å². The predicted octanol–water partition coefficient (Wildman–Crippen LogP) is 3.36. The minimum atomic E-state index is -0.469. The second-order valence-electron chi connectivity index (χ2n) is 5.27. The molecule has 2 aromatic carbocycles. The Morgan fingerprint density at radius 2 is 1.71 bits per heavy atom. The highest BCUT2D eigenvalue weighted by molar-refractivity contribution is 6.12. The van der Waals surface area contributed by atoms with Gasteiger partial charge in [-0.3, -0.25) is 0 Å². The Morgan fingerprint density at radius 3 is 2.38 bits per heavy atom. The fourth-order valence-corrected chi connectivity index (χ4v) is 2.41. The fourth-order valence-electron chi connectivity index (χ4n) is 2.41. The number of carbonyl (C=O) groups excluding carboxylic acids is 1. The van der Waals surface area contributed by atoms with Crippen molar-refractivity contribution in [2.75, 3.05) is 14.2 Å². The highest BCUT2D eigenvalue weighted by Crippen LogP contribution is 2.32. The Hall–Kier alpha value is -3.08. The number of carbonyl (C=O) groups is 1. The average molecular weight is 323 g/mol. The maximum absolute atomic E-state index is 12.1. The maximum Gasteiger partial charge on any atom is 0.363 e. The molecule has 0 atom stereocenters. The standard InChI is InChI=1S/C19H17NO4/c1-12-9-16(22-2)17(23-3)11-14(12)10-15-19(21)24-18(20-15)13-7-5-4-6-8-13/h4-11H,1-3H3. The summed E-state index contributed by atoms with van der Waals surface area (Å²) >= 11 is 0. The molecule has 0 unspecified atom stereocenters. The van der Waals surface area contributed by atoms with Gasteiger partial charge in [0.25, 0.3) is 0 Å². The van der Waals surface area contributed by atoms with Crippen molar-refractivity contribution >= 4 is 17.9 Å². The first-order valence-corrected chi connectivity index (χ1v) is 7.43. The van der Waals surface area contributed by atoms with E-state index in [4.69, 9.17) is 14.2 Å². The molecule has 5 heteroatoms. The SMILES string of the molecule is COc1cc(C)c(C=C2N=C(c3ccccc3)OC2=O)cc1OC. The molecule has 0 saturated carbocycles. The molecule has 0 amide bonds. The number of hydrogen-bond acceptors (Lipinski definition) is 5. The quantitative estimate of drug-likeness (QED) is 0.639. The smallest absolute Gasteiger partial charge is 0.363 e. The van der Waals surface area contributed by atoms with E-state index in [1.807, 2.05) is 49.4 Å². The molecule has 0 aromatic heterocycles. The lowest BCUT2D eigenvalue weighted by atomic mass is 10.1. The maximum atomic E-state index is 12.1. The number of aryl methyl sites for hydroxylation is 1. The van der Waals surface area contributed by atoms with Crippen LogP contribution in [0.2, 0.25) is 0 Å². The van der Waals surface area contributed by atoms with E-state index >= 15 is 0 Å². The largest absolute Gasteiger partial charge is 0.493 e. The number of nitrogens with zero attached hydrogens (tertiary/aromatic N) is 1. The lowest BCUT2D eigenvalue weighted by molar-refractivity contribution is -0.129. The molecule has 0 radical (unpaired) electrons. The second-order valence-corrected chi connectivity index (χ2v) is 5.27. The van der Waals surface area contributed by atoms with Gasteiger partial charge in [-0.15, -0.1) is 0 Å². The van der Waals surface area contributed by atoms with E-state index in [1.165, 1.54) is 0 Å². The molecule has 5 nitrogen and oxygen atoms in total. The molecular weight excluding hydrogens is 306 g/mol. The fraction of sp³-hybridized carbons (Fsp3) is 0.158. The van der Waals surface area contributed by atoms with Crippen molar-refractivity contribution in [1.29, 1.82) is 0 Å². The summed E-state index contributed by atoms with van der Waals surface area (Å²) in [7, 11) is 3.15. The van der Waals surface area contributed by atoms with Gasteiger partial charge in [-0.05, 0) is 48.4 Å². The molecule has 0 saturated heterocycles. The Morgan fingerprint density at radius 1 is 1.04 bits per heavy atom. The van der Waals surface area contributed by atoms with Crippen molar-refractivity contribution in [2.45, 2.75) is 6.92 Å². The molecule has 1 aliphatic heterocycles. The topological polar surface area (TPSA) is 57.1 Å². The van der Waals surface area contributed by atoms with Gasteiger partial charge in [0.15, 0.2) is 17.2 Å². The van der Waals surface area contributed by atoms with E-state index in [1.54, 1.807) is 20.3 Å². The number of benzene rings is 2. The number of aliphatic imine (C=N–C) groups is 1. The third-order valence-electron chi connectivity index (χ3n) is 3.71. The number of methoxy groups -OCH3 is 2. The van der Waals surface area contributed by atoms with Gasteiger partial charge in [0.2, 0.25) is 5.90 Å². The third kappa shape index (κ3) is 3.01. The Bertz CT molecular complexity index is 838. The lowest BCUT2D eigenvalue weighted by Gasteiger charge is -2.10. The van der Waals surface area contributed by atoms with E-state index in [0.717, 1.165) is 16.7 Å². The molecule has 0 aliphatic carbocycles. The second kappa shape index (κ2) is 6.58. The molecule has 1 aliphatic rings. The number of ether oxygens (including phenoxy) is 3. The first-order valence-electron chi connectivity index (χ1n) is 7.43. The molecular formula is C19H17NO4. The molecule has 0 spiro atoms.